The first-order valence-corrected chi connectivity index (χ1v) is 13.0. The Hall–Kier alpha value is -4.63. The van der Waals surface area contributed by atoms with Crippen LogP contribution < -0.4 is 21.1 Å². The molecule has 0 spiro atoms. The van der Waals surface area contributed by atoms with Crippen LogP contribution >= 0.6 is 0 Å². The zero-order valence-electron chi connectivity index (χ0n) is 22.6. The maximum atomic E-state index is 12.9. The number of ketones is 1. The van der Waals surface area contributed by atoms with Crippen LogP contribution in [0.1, 0.15) is 48.7 Å². The number of ether oxygens (including phenoxy) is 2. The number of benzene rings is 3. The number of nitrogens with two attached hydrogens (primary N) is 1. The smallest absolute Gasteiger partial charge is 0.412 e. The summed E-state index contributed by atoms with van der Waals surface area (Å²) in [4.78, 5) is 36.7. The Balaban J connectivity index is 1.67. The first kappa shape index (κ1) is 29.9. The van der Waals surface area contributed by atoms with Crippen LogP contribution in [0.5, 0.6) is 5.75 Å². The molecule has 0 aliphatic carbocycles. The van der Waals surface area contributed by atoms with E-state index in [4.69, 9.17) is 20.3 Å². The number of Topliss-reactive ketones (excluding diaryl/α,β-unsaturated/α-hetero) is 1. The number of nitrogen functional groups attached to an aromatic ring is 1. The van der Waals surface area contributed by atoms with Gasteiger partial charge in [-0.3, -0.25) is 14.9 Å². The summed E-state index contributed by atoms with van der Waals surface area (Å²) in [5, 5.41) is 14.6. The molecule has 0 radical (unpaired) electrons. The maximum Gasteiger partial charge on any atom is 0.412 e. The van der Waals surface area contributed by atoms with Crippen molar-refractivity contribution in [1.29, 1.82) is 0 Å². The molecule has 0 aromatic heterocycles. The van der Waals surface area contributed by atoms with E-state index in [1.54, 1.807) is 72.8 Å². The molecule has 9 nitrogen and oxygen atoms in total. The highest BCUT2D eigenvalue weighted by Crippen LogP contribution is 2.32. The van der Waals surface area contributed by atoms with E-state index in [9.17, 15) is 14.4 Å². The summed E-state index contributed by atoms with van der Waals surface area (Å²) < 4.78 is 11.4. The number of carbonyl (C=O) groups is 3. The van der Waals surface area contributed by atoms with Gasteiger partial charge in [0.25, 0.3) is 0 Å². The molecule has 3 aromatic rings. The molecular weight excluding hydrogens is 510 g/mol. The van der Waals surface area contributed by atoms with Crippen molar-refractivity contribution in [2.24, 2.45) is 5.92 Å². The number of hydrogen-bond acceptors (Lipinski definition) is 7. The van der Waals surface area contributed by atoms with E-state index in [1.807, 2.05) is 13.0 Å². The quantitative estimate of drug-likeness (QED) is 0.122. The Bertz CT molecular complexity index is 1320. The third-order valence-corrected chi connectivity index (χ3v) is 6.11. The SMILES string of the molecule is CC(=O)c1ccc(NC(=O)O[C@H](c2cccc(OCCO)c2)[C@@H](C)CC/C=C/C(=O)Nc2ccccc2N)cc1. The van der Waals surface area contributed by atoms with Crippen molar-refractivity contribution >= 4 is 34.8 Å². The van der Waals surface area contributed by atoms with Gasteiger partial charge in [-0.2, -0.15) is 0 Å². The number of aliphatic hydroxyl groups is 1. The van der Waals surface area contributed by atoms with Gasteiger partial charge < -0.3 is 25.6 Å². The van der Waals surface area contributed by atoms with Crippen LogP contribution in [-0.4, -0.2) is 36.1 Å². The fourth-order valence-corrected chi connectivity index (χ4v) is 3.99. The van der Waals surface area contributed by atoms with Gasteiger partial charge in [0.2, 0.25) is 5.91 Å². The second-order valence-corrected chi connectivity index (χ2v) is 9.26. The molecule has 210 valence electrons. The largest absolute Gasteiger partial charge is 0.491 e. The minimum atomic E-state index is -0.649. The number of rotatable bonds is 13. The highest BCUT2D eigenvalue weighted by Gasteiger charge is 2.24. The third-order valence-electron chi connectivity index (χ3n) is 6.11. The lowest BCUT2D eigenvalue weighted by Gasteiger charge is -2.25. The lowest BCUT2D eigenvalue weighted by atomic mass is 9.93. The number of carbonyl (C=O) groups excluding carboxylic acids is 3. The molecule has 0 saturated carbocycles. The van der Waals surface area contributed by atoms with Gasteiger partial charge in [0, 0.05) is 11.3 Å². The monoisotopic (exact) mass is 545 g/mol. The van der Waals surface area contributed by atoms with E-state index in [1.165, 1.54) is 13.0 Å². The second kappa shape index (κ2) is 15.1. The number of allylic oxidation sites excluding steroid dienone is 1. The summed E-state index contributed by atoms with van der Waals surface area (Å²) >= 11 is 0. The fraction of sp³-hybridized carbons (Fsp3) is 0.258. The zero-order valence-corrected chi connectivity index (χ0v) is 22.6. The predicted octanol–water partition coefficient (Wildman–Crippen LogP) is 5.74. The molecule has 0 saturated heterocycles. The topological polar surface area (TPSA) is 140 Å². The number of anilines is 3. The van der Waals surface area contributed by atoms with Crippen molar-refractivity contribution < 1.29 is 29.0 Å². The Morgan fingerprint density at radius 3 is 2.45 bits per heavy atom. The molecule has 3 aromatic carbocycles. The van der Waals surface area contributed by atoms with Gasteiger partial charge in [-0.15, -0.1) is 0 Å². The second-order valence-electron chi connectivity index (χ2n) is 9.26. The van der Waals surface area contributed by atoms with Crippen LogP contribution in [0.2, 0.25) is 0 Å². The van der Waals surface area contributed by atoms with Gasteiger partial charge in [-0.1, -0.05) is 37.3 Å². The van der Waals surface area contributed by atoms with Crippen molar-refractivity contribution in [3.63, 3.8) is 0 Å². The van der Waals surface area contributed by atoms with Gasteiger partial charge in [0.15, 0.2) is 5.78 Å². The molecule has 0 aliphatic rings. The summed E-state index contributed by atoms with van der Waals surface area (Å²) in [6.45, 7) is 3.45. The average Bonchev–Trinajstić information content (AvgIpc) is 2.94. The van der Waals surface area contributed by atoms with Gasteiger partial charge >= 0.3 is 6.09 Å². The number of para-hydroxylation sites is 2. The summed E-state index contributed by atoms with van der Waals surface area (Å²) in [7, 11) is 0. The van der Waals surface area contributed by atoms with E-state index in [0.717, 1.165) is 5.56 Å². The Labute approximate surface area is 234 Å². The molecule has 40 heavy (non-hydrogen) atoms. The van der Waals surface area contributed by atoms with Crippen LogP contribution in [0.15, 0.2) is 84.9 Å². The van der Waals surface area contributed by atoms with E-state index in [0.29, 0.717) is 41.2 Å². The number of hydrogen-bond donors (Lipinski definition) is 4. The molecule has 3 rings (SSSR count). The highest BCUT2D eigenvalue weighted by atomic mass is 16.6. The first-order valence-electron chi connectivity index (χ1n) is 13.0. The molecule has 5 N–H and O–H groups in total. The van der Waals surface area contributed by atoms with Crippen molar-refractivity contribution in [3.05, 3.63) is 96.1 Å². The molecule has 0 unspecified atom stereocenters. The van der Waals surface area contributed by atoms with Crippen LogP contribution in [0.3, 0.4) is 0 Å². The maximum absolute atomic E-state index is 12.9. The Kier molecular flexibility index (Phi) is 11.3. The molecule has 2 amide bonds. The van der Waals surface area contributed by atoms with E-state index < -0.39 is 12.2 Å². The minimum Gasteiger partial charge on any atom is -0.491 e. The van der Waals surface area contributed by atoms with Crippen LogP contribution in [0.4, 0.5) is 21.9 Å². The molecule has 0 bridgehead atoms. The number of amides is 2. The normalized spacial score (nSPS) is 12.4. The summed E-state index contributed by atoms with van der Waals surface area (Å²) in [6, 6.07) is 20.7. The predicted molar refractivity (Wildman–Crippen MR) is 155 cm³/mol. The molecule has 2 atom stereocenters. The van der Waals surface area contributed by atoms with Crippen molar-refractivity contribution in [1.82, 2.24) is 0 Å². The van der Waals surface area contributed by atoms with Crippen LogP contribution in [0.25, 0.3) is 0 Å². The van der Waals surface area contributed by atoms with Gasteiger partial charge in [0.1, 0.15) is 18.5 Å². The van der Waals surface area contributed by atoms with Gasteiger partial charge in [-0.25, -0.2) is 4.79 Å². The number of aliphatic hydroxyl groups excluding tert-OH is 1. The lowest BCUT2D eigenvalue weighted by Crippen LogP contribution is -2.22. The van der Waals surface area contributed by atoms with Crippen LogP contribution in [0, 0.1) is 5.92 Å². The lowest BCUT2D eigenvalue weighted by molar-refractivity contribution is -0.111. The Morgan fingerprint density at radius 1 is 1.00 bits per heavy atom. The zero-order chi connectivity index (χ0) is 28.9. The summed E-state index contributed by atoms with van der Waals surface area (Å²) in [6.07, 6.45) is 3.12. The van der Waals surface area contributed by atoms with Crippen molar-refractivity contribution in [2.75, 3.05) is 29.6 Å². The fourth-order valence-electron chi connectivity index (χ4n) is 3.99. The molecule has 0 fully saturated rings. The standard InChI is InChI=1S/C31H35N3O6/c1-21(8-3-6-13-29(37)34-28-12-5-4-11-27(28)32)30(24-9-7-10-26(20-24)39-19-18-35)40-31(38)33-25-16-14-23(15-17-25)22(2)36/h4-7,9-17,20-21,30,35H,3,8,18-19,32H2,1-2H3,(H,33,38)(H,34,37)/b13-6+/t21-,30-/m0/s1. The van der Waals surface area contributed by atoms with E-state index in [-0.39, 0.29) is 30.8 Å². The van der Waals surface area contributed by atoms with E-state index >= 15 is 0 Å². The Morgan fingerprint density at radius 2 is 1.75 bits per heavy atom. The average molecular weight is 546 g/mol. The first-order chi connectivity index (χ1) is 19.3. The van der Waals surface area contributed by atoms with Crippen molar-refractivity contribution in [2.45, 2.75) is 32.8 Å². The van der Waals surface area contributed by atoms with E-state index in [2.05, 4.69) is 10.6 Å². The highest BCUT2D eigenvalue weighted by molar-refractivity contribution is 6.01. The molecule has 0 heterocycles. The van der Waals surface area contributed by atoms with Crippen LogP contribution in [-0.2, 0) is 9.53 Å². The van der Waals surface area contributed by atoms with Crippen molar-refractivity contribution in [3.8, 4) is 5.75 Å². The summed E-state index contributed by atoms with van der Waals surface area (Å²) in [5.41, 5.74) is 8.67. The third kappa shape index (κ3) is 9.28. The molecule has 9 heteroatoms. The number of nitrogens with one attached hydrogen (secondary N) is 2. The molecule has 0 aliphatic heterocycles. The molecular formula is C31H35N3O6. The van der Waals surface area contributed by atoms with Gasteiger partial charge in [-0.05, 0) is 85.9 Å². The van der Waals surface area contributed by atoms with Gasteiger partial charge in [0.05, 0.1) is 18.0 Å². The summed E-state index contributed by atoms with van der Waals surface area (Å²) in [5.74, 6) is 0.0602. The minimum absolute atomic E-state index is 0.0676.